The Morgan fingerprint density at radius 3 is 2.92 bits per heavy atom. The van der Waals surface area contributed by atoms with Crippen LogP contribution in [0.5, 0.6) is 0 Å². The lowest BCUT2D eigenvalue weighted by atomic mass is 10.0. The summed E-state index contributed by atoms with van der Waals surface area (Å²) in [7, 11) is 2.14. The molecule has 0 bridgehead atoms. The highest BCUT2D eigenvalue weighted by molar-refractivity contribution is 7.16. The summed E-state index contributed by atoms with van der Waals surface area (Å²) in [6.45, 7) is 1.93. The van der Waals surface area contributed by atoms with Gasteiger partial charge in [0, 0.05) is 12.5 Å². The van der Waals surface area contributed by atoms with Crippen LogP contribution in [-0.4, -0.2) is 24.4 Å². The van der Waals surface area contributed by atoms with Crippen LogP contribution in [-0.2, 0) is 13.0 Å². The Bertz CT molecular complexity index is 848. The predicted octanol–water partition coefficient (Wildman–Crippen LogP) is 1.08. The number of likely N-dealkylation sites (N-methyl/N-ethyl adjacent to an activating group) is 1. The van der Waals surface area contributed by atoms with E-state index in [0.717, 1.165) is 35.6 Å². The fourth-order valence-corrected chi connectivity index (χ4v) is 4.77. The van der Waals surface area contributed by atoms with Crippen molar-refractivity contribution in [1.82, 2.24) is 5.32 Å². The number of amides is 1. The van der Waals surface area contributed by atoms with Crippen molar-refractivity contribution < 1.29 is 14.6 Å². The van der Waals surface area contributed by atoms with E-state index in [0.29, 0.717) is 5.56 Å². The first kappa shape index (κ1) is 15.1. The number of nitrogens with one attached hydrogen (secondary N) is 3. The monoisotopic (exact) mass is 345 g/mol. The molecular formula is C16H17N4O3S+. The average Bonchev–Trinajstić information content (AvgIpc) is 2.92. The number of para-hydroxylation sites is 1. The second kappa shape index (κ2) is 5.57. The van der Waals surface area contributed by atoms with Gasteiger partial charge in [-0.25, -0.2) is 0 Å². The van der Waals surface area contributed by atoms with Crippen LogP contribution >= 0.6 is 11.3 Å². The molecule has 2 unspecified atom stereocenters. The lowest BCUT2D eigenvalue weighted by molar-refractivity contribution is -0.895. The number of anilines is 1. The lowest BCUT2D eigenvalue weighted by Gasteiger charge is -2.26. The molecule has 3 heterocycles. The van der Waals surface area contributed by atoms with Gasteiger partial charge in [-0.1, -0.05) is 12.1 Å². The molecule has 0 spiro atoms. The number of carbonyl (C=O) groups is 1. The van der Waals surface area contributed by atoms with Crippen LogP contribution in [0.3, 0.4) is 0 Å². The Morgan fingerprint density at radius 1 is 1.33 bits per heavy atom. The largest absolute Gasteiger partial charge is 0.352 e. The maximum absolute atomic E-state index is 12.6. The zero-order chi connectivity index (χ0) is 16.8. The number of quaternary nitrogens is 1. The van der Waals surface area contributed by atoms with Gasteiger partial charge < -0.3 is 15.5 Å². The van der Waals surface area contributed by atoms with E-state index in [-0.39, 0.29) is 11.6 Å². The van der Waals surface area contributed by atoms with Crippen LogP contribution in [0.25, 0.3) is 0 Å². The minimum Gasteiger partial charge on any atom is -0.352 e. The molecule has 8 heteroatoms. The number of nitro groups is 1. The number of nitro benzene ring substituents is 1. The summed E-state index contributed by atoms with van der Waals surface area (Å²) >= 11 is 1.60. The standard InChI is InChI=1S/C16H16N4O3S/c1-19-7-6-10-12(8-19)24-16-13(10)15(21)17-14(18-16)9-4-2-3-5-11(9)20(22)23/h2-5,14,18H,6-8H2,1H3,(H,17,21)/p+1. The SMILES string of the molecule is C[NH+]1CCc2c(sc3c2C(=O)NC(c2ccccc2[N+](=O)[O-])N3)C1. The molecule has 24 heavy (non-hydrogen) atoms. The van der Waals surface area contributed by atoms with Gasteiger partial charge in [0.2, 0.25) is 0 Å². The van der Waals surface area contributed by atoms with E-state index in [1.807, 2.05) is 0 Å². The van der Waals surface area contributed by atoms with Crippen molar-refractivity contribution in [2.45, 2.75) is 19.1 Å². The topological polar surface area (TPSA) is 88.7 Å². The Kier molecular flexibility index (Phi) is 3.50. The van der Waals surface area contributed by atoms with E-state index in [4.69, 9.17) is 0 Å². The maximum Gasteiger partial charge on any atom is 0.276 e. The summed E-state index contributed by atoms with van der Waals surface area (Å²) in [4.78, 5) is 26.1. The van der Waals surface area contributed by atoms with Gasteiger partial charge in [-0.15, -0.1) is 11.3 Å². The van der Waals surface area contributed by atoms with Gasteiger partial charge >= 0.3 is 0 Å². The molecule has 1 aromatic carbocycles. The van der Waals surface area contributed by atoms with Crippen LogP contribution in [0.15, 0.2) is 24.3 Å². The number of carbonyl (C=O) groups excluding carboxylic acids is 1. The van der Waals surface area contributed by atoms with Gasteiger partial charge in [-0.2, -0.15) is 0 Å². The quantitative estimate of drug-likeness (QED) is 0.561. The smallest absolute Gasteiger partial charge is 0.276 e. The molecule has 3 N–H and O–H groups in total. The van der Waals surface area contributed by atoms with E-state index in [9.17, 15) is 14.9 Å². The van der Waals surface area contributed by atoms with Gasteiger partial charge in [0.05, 0.1) is 34.5 Å². The van der Waals surface area contributed by atoms with Crippen LogP contribution in [0.1, 0.15) is 32.5 Å². The number of benzene rings is 1. The Hall–Kier alpha value is -2.45. The van der Waals surface area contributed by atoms with E-state index in [1.165, 1.54) is 15.8 Å². The second-order valence-electron chi connectivity index (χ2n) is 6.21. The molecule has 0 radical (unpaired) electrons. The number of rotatable bonds is 2. The van der Waals surface area contributed by atoms with Crippen LogP contribution < -0.4 is 15.5 Å². The Morgan fingerprint density at radius 2 is 2.12 bits per heavy atom. The first-order valence-corrected chi connectivity index (χ1v) is 8.63. The molecule has 0 saturated heterocycles. The van der Waals surface area contributed by atoms with Gasteiger partial charge in [-0.05, 0) is 11.6 Å². The third-order valence-corrected chi connectivity index (χ3v) is 5.74. The van der Waals surface area contributed by atoms with Crippen molar-refractivity contribution in [2.75, 3.05) is 18.9 Å². The Labute approximate surface area is 142 Å². The van der Waals surface area contributed by atoms with Crippen molar-refractivity contribution in [3.05, 3.63) is 55.9 Å². The number of nitrogens with zero attached hydrogens (tertiary/aromatic N) is 1. The lowest BCUT2D eigenvalue weighted by Crippen LogP contribution is -3.08. The Balaban J connectivity index is 1.73. The molecule has 0 aliphatic carbocycles. The summed E-state index contributed by atoms with van der Waals surface area (Å²) in [5, 5.41) is 18.2. The van der Waals surface area contributed by atoms with Crippen molar-refractivity contribution in [2.24, 2.45) is 0 Å². The summed E-state index contributed by atoms with van der Waals surface area (Å²) in [5.74, 6) is -0.149. The molecule has 1 aromatic heterocycles. The summed E-state index contributed by atoms with van der Waals surface area (Å²) in [6, 6.07) is 6.49. The minimum atomic E-state index is -0.586. The normalized spacial score (nSPS) is 22.1. The molecule has 4 rings (SSSR count). The summed E-state index contributed by atoms with van der Waals surface area (Å²) in [5.41, 5.74) is 2.32. The summed E-state index contributed by atoms with van der Waals surface area (Å²) in [6.07, 6.45) is 0.301. The van der Waals surface area contributed by atoms with Crippen molar-refractivity contribution in [3.8, 4) is 0 Å². The fraction of sp³-hybridized carbons (Fsp3) is 0.312. The minimum absolute atomic E-state index is 0.00393. The van der Waals surface area contributed by atoms with E-state index in [2.05, 4.69) is 17.7 Å². The van der Waals surface area contributed by atoms with E-state index < -0.39 is 11.1 Å². The fourth-order valence-electron chi connectivity index (χ4n) is 3.39. The van der Waals surface area contributed by atoms with E-state index >= 15 is 0 Å². The molecule has 2 aliphatic heterocycles. The van der Waals surface area contributed by atoms with Gasteiger partial charge in [-0.3, -0.25) is 14.9 Å². The molecule has 0 fully saturated rings. The summed E-state index contributed by atoms with van der Waals surface area (Å²) < 4.78 is 0. The molecule has 0 saturated carbocycles. The van der Waals surface area contributed by atoms with Crippen molar-refractivity contribution >= 4 is 27.9 Å². The third-order valence-electron chi connectivity index (χ3n) is 4.58. The van der Waals surface area contributed by atoms with Gasteiger partial charge in [0.25, 0.3) is 11.6 Å². The maximum atomic E-state index is 12.6. The molecule has 2 aliphatic rings. The number of hydrogen-bond donors (Lipinski definition) is 3. The second-order valence-corrected chi connectivity index (χ2v) is 7.31. The van der Waals surface area contributed by atoms with Crippen molar-refractivity contribution in [1.29, 1.82) is 0 Å². The third kappa shape index (κ3) is 2.35. The molecule has 1 amide bonds. The zero-order valence-electron chi connectivity index (χ0n) is 13.1. The van der Waals surface area contributed by atoms with Gasteiger partial charge in [0.15, 0.2) is 0 Å². The first-order chi connectivity index (χ1) is 11.5. The number of thiophene rings is 1. The molecule has 124 valence electrons. The highest BCUT2D eigenvalue weighted by Crippen LogP contribution is 2.40. The highest BCUT2D eigenvalue weighted by Gasteiger charge is 2.35. The highest BCUT2D eigenvalue weighted by atomic mass is 32.1. The number of hydrogen-bond acceptors (Lipinski definition) is 5. The predicted molar refractivity (Wildman–Crippen MR) is 90.4 cm³/mol. The van der Waals surface area contributed by atoms with Crippen LogP contribution in [0.2, 0.25) is 0 Å². The molecule has 2 aromatic rings. The van der Waals surface area contributed by atoms with E-state index in [1.54, 1.807) is 29.5 Å². The van der Waals surface area contributed by atoms with Crippen LogP contribution in [0, 0.1) is 10.1 Å². The van der Waals surface area contributed by atoms with Gasteiger partial charge in [0.1, 0.15) is 17.7 Å². The zero-order valence-corrected chi connectivity index (χ0v) is 13.9. The first-order valence-electron chi connectivity index (χ1n) is 7.81. The number of fused-ring (bicyclic) bond motifs is 3. The molecule has 7 nitrogen and oxygen atoms in total. The van der Waals surface area contributed by atoms with Crippen molar-refractivity contribution in [3.63, 3.8) is 0 Å². The molecule has 2 atom stereocenters. The average molecular weight is 345 g/mol. The van der Waals surface area contributed by atoms with Crippen LogP contribution in [0.4, 0.5) is 10.7 Å². The molecular weight excluding hydrogens is 328 g/mol.